The molecule has 0 aliphatic carbocycles. The van der Waals surface area contributed by atoms with Crippen molar-refractivity contribution in [2.45, 2.75) is 13.5 Å². The third kappa shape index (κ3) is 4.09. The van der Waals surface area contributed by atoms with Crippen molar-refractivity contribution < 1.29 is 9.59 Å². The Hall–Kier alpha value is -1.40. The summed E-state index contributed by atoms with van der Waals surface area (Å²) < 4.78 is 0. The Bertz CT molecular complexity index is 362. The number of aryl methyl sites for hydroxylation is 1. The zero-order chi connectivity index (χ0) is 11.3. The minimum Gasteiger partial charge on any atom is -0.351 e. The second kappa shape index (κ2) is 5.47. The molecule has 1 heterocycles. The Morgan fingerprint density at radius 2 is 2.20 bits per heavy atom. The molecule has 15 heavy (non-hydrogen) atoms. The van der Waals surface area contributed by atoms with E-state index in [1.165, 1.54) is 5.56 Å². The molecule has 0 aromatic carbocycles. The SMILES string of the molecule is Cc1cscc1CNCC(=O)NC(N)=O. The molecule has 1 aromatic heterocycles. The lowest BCUT2D eigenvalue weighted by atomic mass is 10.2. The maximum atomic E-state index is 11.0. The molecular weight excluding hydrogens is 214 g/mol. The zero-order valence-electron chi connectivity index (χ0n) is 8.37. The average molecular weight is 227 g/mol. The van der Waals surface area contributed by atoms with Gasteiger partial charge in [0.15, 0.2) is 0 Å². The lowest BCUT2D eigenvalue weighted by Crippen LogP contribution is -2.40. The summed E-state index contributed by atoms with van der Waals surface area (Å²) in [6.07, 6.45) is 0. The third-order valence-corrected chi connectivity index (χ3v) is 2.74. The summed E-state index contributed by atoms with van der Waals surface area (Å²) in [6.45, 7) is 2.71. The van der Waals surface area contributed by atoms with Crippen LogP contribution in [0.3, 0.4) is 0 Å². The highest BCUT2D eigenvalue weighted by Gasteiger charge is 2.04. The molecule has 0 saturated carbocycles. The Kier molecular flexibility index (Phi) is 4.26. The molecule has 0 aliphatic rings. The van der Waals surface area contributed by atoms with E-state index in [1.807, 2.05) is 23.0 Å². The first-order chi connectivity index (χ1) is 7.09. The fraction of sp³-hybridized carbons (Fsp3) is 0.333. The number of carbonyl (C=O) groups excluding carboxylic acids is 2. The summed E-state index contributed by atoms with van der Waals surface area (Å²) in [5.74, 6) is -0.421. The van der Waals surface area contributed by atoms with E-state index in [4.69, 9.17) is 5.73 Å². The number of carbonyl (C=O) groups is 2. The van der Waals surface area contributed by atoms with E-state index in [0.717, 1.165) is 5.56 Å². The largest absolute Gasteiger partial charge is 0.351 e. The molecule has 0 radical (unpaired) electrons. The first-order valence-electron chi connectivity index (χ1n) is 4.41. The van der Waals surface area contributed by atoms with Gasteiger partial charge in [0.25, 0.3) is 0 Å². The number of nitrogens with two attached hydrogens (primary N) is 1. The highest BCUT2D eigenvalue weighted by atomic mass is 32.1. The fourth-order valence-electron chi connectivity index (χ4n) is 1.06. The predicted molar refractivity (Wildman–Crippen MR) is 58.5 cm³/mol. The van der Waals surface area contributed by atoms with Crippen LogP contribution in [0, 0.1) is 6.92 Å². The van der Waals surface area contributed by atoms with Gasteiger partial charge in [-0.2, -0.15) is 11.3 Å². The van der Waals surface area contributed by atoms with Gasteiger partial charge in [-0.25, -0.2) is 4.79 Å². The minimum atomic E-state index is -0.825. The Labute approximate surface area is 91.7 Å². The quantitative estimate of drug-likeness (QED) is 0.693. The van der Waals surface area contributed by atoms with Crippen molar-refractivity contribution in [2.75, 3.05) is 6.54 Å². The van der Waals surface area contributed by atoms with Crippen molar-refractivity contribution in [1.82, 2.24) is 10.6 Å². The summed E-state index contributed by atoms with van der Waals surface area (Å²) in [5.41, 5.74) is 7.14. The van der Waals surface area contributed by atoms with Gasteiger partial charge in [-0.3, -0.25) is 10.1 Å². The first-order valence-corrected chi connectivity index (χ1v) is 5.35. The standard InChI is InChI=1S/C9H13N3O2S/c1-6-4-15-5-7(6)2-11-3-8(13)12-9(10)14/h4-5,11H,2-3H2,1H3,(H3,10,12,13,14). The van der Waals surface area contributed by atoms with Gasteiger partial charge in [-0.15, -0.1) is 0 Å². The number of urea groups is 1. The van der Waals surface area contributed by atoms with Crippen LogP contribution in [0.2, 0.25) is 0 Å². The summed E-state index contributed by atoms with van der Waals surface area (Å²) in [5, 5.41) is 8.96. The highest BCUT2D eigenvalue weighted by molar-refractivity contribution is 7.08. The molecule has 3 amide bonds. The van der Waals surface area contributed by atoms with Crippen LogP contribution in [0.5, 0.6) is 0 Å². The summed E-state index contributed by atoms with van der Waals surface area (Å²) in [7, 11) is 0. The average Bonchev–Trinajstić information content (AvgIpc) is 2.50. The van der Waals surface area contributed by atoms with Crippen LogP contribution in [0.1, 0.15) is 11.1 Å². The molecule has 82 valence electrons. The molecule has 1 aromatic rings. The second-order valence-electron chi connectivity index (χ2n) is 3.10. The van der Waals surface area contributed by atoms with Gasteiger partial charge in [0.2, 0.25) is 5.91 Å². The van der Waals surface area contributed by atoms with Crippen LogP contribution >= 0.6 is 11.3 Å². The number of thiophene rings is 1. The number of hydrogen-bond donors (Lipinski definition) is 3. The Balaban J connectivity index is 2.25. The molecular formula is C9H13N3O2S. The van der Waals surface area contributed by atoms with Gasteiger partial charge >= 0.3 is 6.03 Å². The van der Waals surface area contributed by atoms with Crippen molar-refractivity contribution >= 4 is 23.3 Å². The monoisotopic (exact) mass is 227 g/mol. The van der Waals surface area contributed by atoms with E-state index >= 15 is 0 Å². The van der Waals surface area contributed by atoms with Crippen molar-refractivity contribution in [3.05, 3.63) is 21.9 Å². The maximum absolute atomic E-state index is 11.0. The van der Waals surface area contributed by atoms with Crippen LogP contribution in [0.15, 0.2) is 10.8 Å². The molecule has 0 bridgehead atoms. The van der Waals surface area contributed by atoms with E-state index in [9.17, 15) is 9.59 Å². The summed E-state index contributed by atoms with van der Waals surface area (Å²) in [6, 6.07) is -0.825. The van der Waals surface area contributed by atoms with Gasteiger partial charge in [0.05, 0.1) is 6.54 Å². The Morgan fingerprint density at radius 1 is 1.47 bits per heavy atom. The number of hydrogen-bond acceptors (Lipinski definition) is 4. The number of rotatable bonds is 4. The third-order valence-electron chi connectivity index (χ3n) is 1.83. The van der Waals surface area contributed by atoms with E-state index in [-0.39, 0.29) is 6.54 Å². The lowest BCUT2D eigenvalue weighted by molar-refractivity contribution is -0.119. The van der Waals surface area contributed by atoms with Crippen molar-refractivity contribution in [1.29, 1.82) is 0 Å². The molecule has 0 unspecified atom stereocenters. The van der Waals surface area contributed by atoms with Crippen molar-refractivity contribution in [3.63, 3.8) is 0 Å². The van der Waals surface area contributed by atoms with Crippen LogP contribution in [0.25, 0.3) is 0 Å². The van der Waals surface area contributed by atoms with Crippen LogP contribution in [-0.2, 0) is 11.3 Å². The molecule has 0 spiro atoms. The van der Waals surface area contributed by atoms with Gasteiger partial charge < -0.3 is 11.1 Å². The molecule has 0 atom stereocenters. The zero-order valence-corrected chi connectivity index (χ0v) is 9.19. The molecule has 0 aliphatic heterocycles. The summed E-state index contributed by atoms with van der Waals surface area (Å²) in [4.78, 5) is 21.3. The molecule has 0 fully saturated rings. The van der Waals surface area contributed by atoms with E-state index in [1.54, 1.807) is 11.3 Å². The van der Waals surface area contributed by atoms with Gasteiger partial charge in [-0.1, -0.05) is 0 Å². The van der Waals surface area contributed by atoms with Crippen LogP contribution in [-0.4, -0.2) is 18.5 Å². The van der Waals surface area contributed by atoms with Gasteiger partial charge in [0.1, 0.15) is 0 Å². The fourth-order valence-corrected chi connectivity index (χ4v) is 1.92. The van der Waals surface area contributed by atoms with Gasteiger partial charge in [0, 0.05) is 6.54 Å². The summed E-state index contributed by atoms with van der Waals surface area (Å²) >= 11 is 1.62. The van der Waals surface area contributed by atoms with E-state index in [2.05, 4.69) is 5.32 Å². The smallest absolute Gasteiger partial charge is 0.318 e. The van der Waals surface area contributed by atoms with Gasteiger partial charge in [-0.05, 0) is 28.8 Å². The van der Waals surface area contributed by atoms with E-state index < -0.39 is 11.9 Å². The normalized spacial score (nSPS) is 9.93. The lowest BCUT2D eigenvalue weighted by Gasteiger charge is -2.03. The topological polar surface area (TPSA) is 84.2 Å². The van der Waals surface area contributed by atoms with Crippen molar-refractivity contribution in [3.8, 4) is 0 Å². The van der Waals surface area contributed by atoms with Crippen LogP contribution < -0.4 is 16.4 Å². The number of nitrogens with one attached hydrogen (secondary N) is 2. The maximum Gasteiger partial charge on any atom is 0.318 e. The number of imide groups is 1. The second-order valence-corrected chi connectivity index (χ2v) is 3.84. The molecule has 6 heteroatoms. The minimum absolute atomic E-state index is 0.0816. The first kappa shape index (κ1) is 11.7. The molecule has 0 saturated heterocycles. The Morgan fingerprint density at radius 3 is 2.73 bits per heavy atom. The number of primary amides is 1. The molecule has 5 nitrogen and oxygen atoms in total. The highest BCUT2D eigenvalue weighted by Crippen LogP contribution is 2.12. The molecule has 4 N–H and O–H groups in total. The van der Waals surface area contributed by atoms with E-state index in [0.29, 0.717) is 6.54 Å². The van der Waals surface area contributed by atoms with Crippen molar-refractivity contribution in [2.24, 2.45) is 5.73 Å². The number of amides is 3. The predicted octanol–water partition coefficient (Wildman–Crippen LogP) is 0.341. The van der Waals surface area contributed by atoms with Crippen LogP contribution in [0.4, 0.5) is 4.79 Å². The molecule has 1 rings (SSSR count).